The average molecular weight is 218 g/mol. The Morgan fingerprint density at radius 3 is 1.08 bits per heavy atom. The fraction of sp³-hybridized carbons (Fsp3) is 1.00. The van der Waals surface area contributed by atoms with Gasteiger partial charge >= 0.3 is 12.4 Å². The second-order valence-electron chi connectivity index (χ2n) is 1.85. The summed E-state index contributed by atoms with van der Waals surface area (Å²) >= 11 is 0. The summed E-state index contributed by atoms with van der Waals surface area (Å²) in [5, 5.41) is 0. The van der Waals surface area contributed by atoms with Gasteiger partial charge in [-0.05, 0) is 0 Å². The number of hydrogen-bond acceptors (Lipinski definition) is 1. The monoisotopic (exact) mass is 218 g/mol. The first kappa shape index (κ1) is 12.4. The van der Waals surface area contributed by atoms with Gasteiger partial charge in [-0.25, -0.2) is 8.78 Å². The summed E-state index contributed by atoms with van der Waals surface area (Å²) in [4.78, 5) is 0. The zero-order valence-corrected chi connectivity index (χ0v) is 5.59. The van der Waals surface area contributed by atoms with E-state index in [9.17, 15) is 35.1 Å². The Morgan fingerprint density at radius 2 is 0.923 bits per heavy atom. The van der Waals surface area contributed by atoms with Gasteiger partial charge in [-0.15, -0.1) is 0 Å². The molecule has 0 amide bonds. The van der Waals surface area contributed by atoms with Crippen LogP contribution in [0.2, 0.25) is 0 Å². The summed E-state index contributed by atoms with van der Waals surface area (Å²) in [6.45, 7) is 0. The van der Waals surface area contributed by atoms with E-state index in [1.165, 1.54) is 0 Å². The van der Waals surface area contributed by atoms with Crippen molar-refractivity contribution >= 4 is 0 Å². The minimum Gasteiger partial charge on any atom is -0.299 e. The third kappa shape index (κ3) is 4.25. The van der Waals surface area contributed by atoms with Crippen LogP contribution in [0.5, 0.6) is 0 Å². The molecule has 0 aromatic rings. The molecule has 0 saturated carbocycles. The molecule has 0 rings (SSSR count). The van der Waals surface area contributed by atoms with Crippen molar-refractivity contribution in [1.29, 1.82) is 0 Å². The van der Waals surface area contributed by atoms with Crippen molar-refractivity contribution in [2.45, 2.75) is 25.1 Å². The predicted molar refractivity (Wildman–Crippen MR) is 23.0 cm³/mol. The van der Waals surface area contributed by atoms with Gasteiger partial charge in [0.1, 0.15) is 0 Å². The maximum Gasteiger partial charge on any atom is 0.445 e. The number of hydrogen-bond donors (Lipinski definition) is 0. The van der Waals surface area contributed by atoms with Crippen LogP contribution in [-0.4, -0.2) is 25.1 Å². The molecular formula is C4H2F8O. The highest BCUT2D eigenvalue weighted by atomic mass is 19.4. The Bertz CT molecular complexity index is 141. The Kier molecular flexibility index (Phi) is 3.47. The van der Waals surface area contributed by atoms with Crippen LogP contribution in [0.3, 0.4) is 0 Å². The van der Waals surface area contributed by atoms with Crippen LogP contribution in [0.25, 0.3) is 0 Å². The molecule has 13 heavy (non-hydrogen) atoms. The van der Waals surface area contributed by atoms with Gasteiger partial charge in [-0.2, -0.15) is 26.3 Å². The van der Waals surface area contributed by atoms with Gasteiger partial charge in [0.2, 0.25) is 0 Å². The number of rotatable bonds is 2. The molecule has 80 valence electrons. The summed E-state index contributed by atoms with van der Waals surface area (Å²) in [6.07, 6.45) is -19.9. The zero-order valence-electron chi connectivity index (χ0n) is 5.59. The predicted octanol–water partition coefficient (Wildman–Crippen LogP) is 2.72. The van der Waals surface area contributed by atoms with Gasteiger partial charge in [0.15, 0.2) is 0 Å². The quantitative estimate of drug-likeness (QED) is 0.647. The highest BCUT2D eigenvalue weighted by Crippen LogP contribution is 2.30. The maximum atomic E-state index is 11.6. The van der Waals surface area contributed by atoms with E-state index in [4.69, 9.17) is 0 Å². The van der Waals surface area contributed by atoms with E-state index in [0.717, 1.165) is 0 Å². The molecule has 0 bridgehead atoms. The molecule has 0 saturated heterocycles. The molecule has 2 atom stereocenters. The lowest BCUT2D eigenvalue weighted by Gasteiger charge is -2.17. The zero-order chi connectivity index (χ0) is 10.9. The molecule has 9 heteroatoms. The topological polar surface area (TPSA) is 9.23 Å². The van der Waals surface area contributed by atoms with E-state index in [-0.39, 0.29) is 0 Å². The van der Waals surface area contributed by atoms with E-state index in [2.05, 4.69) is 4.74 Å². The molecule has 0 aliphatic rings. The number of ether oxygens (including phenoxy) is 1. The molecule has 0 aliphatic carbocycles. The molecule has 1 nitrogen and oxygen atoms in total. The first-order valence-corrected chi connectivity index (χ1v) is 2.62. The summed E-state index contributed by atoms with van der Waals surface area (Å²) in [5.74, 6) is 0. The van der Waals surface area contributed by atoms with Crippen LogP contribution in [0, 0.1) is 0 Å². The van der Waals surface area contributed by atoms with E-state index >= 15 is 0 Å². The lowest BCUT2D eigenvalue weighted by Crippen LogP contribution is -2.36. The molecule has 0 aliphatic heterocycles. The lowest BCUT2D eigenvalue weighted by atomic mass is 10.6. The molecule has 0 N–H and O–H groups in total. The van der Waals surface area contributed by atoms with E-state index in [0.29, 0.717) is 0 Å². The Labute approximate surface area is 66.3 Å². The fourth-order valence-electron chi connectivity index (χ4n) is 0.259. The van der Waals surface area contributed by atoms with Crippen LogP contribution in [0.15, 0.2) is 0 Å². The van der Waals surface area contributed by atoms with Crippen molar-refractivity contribution in [3.63, 3.8) is 0 Å². The summed E-state index contributed by atoms with van der Waals surface area (Å²) in [6, 6.07) is 0. The van der Waals surface area contributed by atoms with Crippen LogP contribution >= 0.6 is 0 Å². The molecular weight excluding hydrogens is 216 g/mol. The molecule has 0 radical (unpaired) electrons. The van der Waals surface area contributed by atoms with Crippen molar-refractivity contribution in [3.8, 4) is 0 Å². The van der Waals surface area contributed by atoms with Crippen molar-refractivity contribution in [1.82, 2.24) is 0 Å². The smallest absolute Gasteiger partial charge is 0.299 e. The summed E-state index contributed by atoms with van der Waals surface area (Å²) in [7, 11) is 0. The number of alkyl halides is 8. The first-order valence-electron chi connectivity index (χ1n) is 2.62. The van der Waals surface area contributed by atoms with Gasteiger partial charge in [0.25, 0.3) is 12.7 Å². The van der Waals surface area contributed by atoms with Gasteiger partial charge < -0.3 is 0 Å². The minimum atomic E-state index is -5.67. The SMILES string of the molecule is FC(O[C@H](F)C(F)(F)F)C(F)(F)F. The average Bonchev–Trinajstić information content (AvgIpc) is 1.82. The van der Waals surface area contributed by atoms with E-state index in [1.54, 1.807) is 0 Å². The third-order valence-electron chi connectivity index (χ3n) is 0.754. The highest BCUT2D eigenvalue weighted by Gasteiger charge is 2.49. The van der Waals surface area contributed by atoms with Crippen molar-refractivity contribution in [2.24, 2.45) is 0 Å². The Hall–Kier alpha value is -0.600. The molecule has 0 heterocycles. The Balaban J connectivity index is 4.15. The Morgan fingerprint density at radius 1 is 0.692 bits per heavy atom. The van der Waals surface area contributed by atoms with Crippen LogP contribution in [0.4, 0.5) is 35.1 Å². The second-order valence-corrected chi connectivity index (χ2v) is 1.85. The van der Waals surface area contributed by atoms with Gasteiger partial charge in [-0.3, -0.25) is 4.74 Å². The van der Waals surface area contributed by atoms with Crippen LogP contribution in [-0.2, 0) is 4.74 Å². The van der Waals surface area contributed by atoms with Crippen LogP contribution < -0.4 is 0 Å². The number of halogens is 8. The summed E-state index contributed by atoms with van der Waals surface area (Å²) in [5.41, 5.74) is 0. The van der Waals surface area contributed by atoms with Crippen molar-refractivity contribution in [2.75, 3.05) is 0 Å². The van der Waals surface area contributed by atoms with Gasteiger partial charge in [0, 0.05) is 0 Å². The molecule has 0 spiro atoms. The highest BCUT2D eigenvalue weighted by molar-refractivity contribution is 4.60. The van der Waals surface area contributed by atoms with Crippen LogP contribution in [0.1, 0.15) is 0 Å². The van der Waals surface area contributed by atoms with Crippen molar-refractivity contribution in [3.05, 3.63) is 0 Å². The maximum absolute atomic E-state index is 11.6. The van der Waals surface area contributed by atoms with Crippen molar-refractivity contribution < 1.29 is 39.9 Å². The normalized spacial score (nSPS) is 18.5. The largest absolute Gasteiger partial charge is 0.445 e. The second kappa shape index (κ2) is 3.64. The molecule has 0 aromatic heterocycles. The van der Waals surface area contributed by atoms with E-state index < -0.39 is 25.1 Å². The first-order chi connectivity index (χ1) is 5.55. The molecule has 0 fully saturated rings. The van der Waals surface area contributed by atoms with E-state index in [1.807, 2.05) is 0 Å². The third-order valence-corrected chi connectivity index (χ3v) is 0.754. The molecule has 0 aromatic carbocycles. The lowest BCUT2D eigenvalue weighted by molar-refractivity contribution is -0.344. The minimum absolute atomic E-state index is 2.40. The summed E-state index contributed by atoms with van der Waals surface area (Å²) < 4.78 is 92.6. The van der Waals surface area contributed by atoms with Gasteiger partial charge in [-0.1, -0.05) is 0 Å². The molecule has 1 unspecified atom stereocenters. The van der Waals surface area contributed by atoms with Gasteiger partial charge in [0.05, 0.1) is 0 Å². The fourth-order valence-corrected chi connectivity index (χ4v) is 0.259. The standard InChI is InChI=1S/C4H2F8O/c5-1(3(7,8)9)13-2(6)4(10,11)12/h1-2H/t1-,2?/m0/s1.